The number of hydrogen-bond acceptors (Lipinski definition) is 2. The van der Waals surface area contributed by atoms with Crippen LogP contribution in [0.3, 0.4) is 0 Å². The quantitative estimate of drug-likeness (QED) is 0.790. The molecule has 0 saturated heterocycles. The Morgan fingerprint density at radius 2 is 1.44 bits per heavy atom. The zero-order chi connectivity index (χ0) is 19.2. The van der Waals surface area contributed by atoms with Crippen LogP contribution < -0.4 is 10.6 Å². The Balaban J connectivity index is 1.43. The van der Waals surface area contributed by atoms with Gasteiger partial charge in [0.25, 0.3) is 0 Å². The summed E-state index contributed by atoms with van der Waals surface area (Å²) in [7, 11) is 0. The summed E-state index contributed by atoms with van der Waals surface area (Å²) in [4.78, 5) is 24.7. The second kappa shape index (κ2) is 9.00. The number of anilines is 1. The Bertz CT molecular complexity index is 785. The van der Waals surface area contributed by atoms with Gasteiger partial charge in [0.2, 0.25) is 11.8 Å². The van der Waals surface area contributed by atoms with Gasteiger partial charge in [0.05, 0.1) is 0 Å². The van der Waals surface area contributed by atoms with Crippen LogP contribution in [0, 0.1) is 17.7 Å². The largest absolute Gasteiger partial charge is 0.352 e. The highest BCUT2D eigenvalue weighted by atomic mass is 35.5. The van der Waals surface area contributed by atoms with Crippen LogP contribution in [-0.4, -0.2) is 11.8 Å². The number of hydrogen-bond donors (Lipinski definition) is 2. The minimum Gasteiger partial charge on any atom is -0.352 e. The number of rotatable bonds is 5. The molecule has 3 rings (SSSR count). The molecule has 2 amide bonds. The van der Waals surface area contributed by atoms with Gasteiger partial charge in [-0.15, -0.1) is 0 Å². The van der Waals surface area contributed by atoms with Gasteiger partial charge < -0.3 is 10.6 Å². The number of benzene rings is 2. The van der Waals surface area contributed by atoms with Crippen LogP contribution in [0.15, 0.2) is 48.5 Å². The molecule has 1 aliphatic rings. The first kappa shape index (κ1) is 19.4. The Morgan fingerprint density at radius 3 is 2.04 bits per heavy atom. The van der Waals surface area contributed by atoms with E-state index in [9.17, 15) is 14.0 Å². The van der Waals surface area contributed by atoms with Crippen molar-refractivity contribution in [2.75, 3.05) is 5.32 Å². The monoisotopic (exact) mass is 388 g/mol. The number of nitrogens with one attached hydrogen (secondary N) is 2. The molecule has 1 fully saturated rings. The maximum atomic E-state index is 12.9. The first-order chi connectivity index (χ1) is 13.0. The van der Waals surface area contributed by atoms with E-state index in [4.69, 9.17) is 11.6 Å². The van der Waals surface area contributed by atoms with E-state index in [0.29, 0.717) is 37.3 Å². The third-order valence-electron chi connectivity index (χ3n) is 4.96. The molecule has 0 aromatic heterocycles. The van der Waals surface area contributed by atoms with Crippen molar-refractivity contribution in [1.29, 1.82) is 0 Å². The van der Waals surface area contributed by atoms with Crippen molar-refractivity contribution in [3.05, 3.63) is 64.9 Å². The molecule has 0 unspecified atom stereocenters. The number of halogens is 2. The fourth-order valence-corrected chi connectivity index (χ4v) is 3.46. The molecular formula is C21H22ClFN2O2. The molecule has 0 atom stereocenters. The predicted octanol–water partition coefficient (Wildman–Crippen LogP) is 4.54. The molecule has 0 radical (unpaired) electrons. The SMILES string of the molecule is O=C(NCc1ccc(F)cc1)C1CCC(C(=O)Nc2ccc(Cl)cc2)CC1. The summed E-state index contributed by atoms with van der Waals surface area (Å²) in [5.74, 6) is -0.467. The number of carbonyl (C=O) groups excluding carboxylic acids is 2. The van der Waals surface area contributed by atoms with Gasteiger partial charge in [-0.3, -0.25) is 9.59 Å². The minimum atomic E-state index is -0.291. The van der Waals surface area contributed by atoms with Gasteiger partial charge in [-0.05, 0) is 67.6 Å². The maximum Gasteiger partial charge on any atom is 0.227 e. The van der Waals surface area contributed by atoms with E-state index < -0.39 is 0 Å². The minimum absolute atomic E-state index is 0.00381. The Labute approximate surface area is 163 Å². The van der Waals surface area contributed by atoms with Gasteiger partial charge in [0.15, 0.2) is 0 Å². The standard InChI is InChI=1S/C21H22ClFN2O2/c22-17-7-11-19(12-8-17)25-21(27)16-5-3-15(4-6-16)20(26)24-13-14-1-9-18(23)10-2-14/h1-2,7-12,15-16H,3-6,13H2,(H,24,26)(H,25,27). The van der Waals surface area contributed by atoms with Crippen molar-refractivity contribution < 1.29 is 14.0 Å². The smallest absolute Gasteiger partial charge is 0.227 e. The summed E-state index contributed by atoms with van der Waals surface area (Å²) in [6.45, 7) is 0.385. The lowest BCUT2D eigenvalue weighted by Crippen LogP contribution is -2.35. The average Bonchev–Trinajstić information content (AvgIpc) is 2.69. The molecule has 1 saturated carbocycles. The van der Waals surface area contributed by atoms with Gasteiger partial charge in [-0.2, -0.15) is 0 Å². The molecule has 2 aromatic carbocycles. The first-order valence-corrected chi connectivity index (χ1v) is 9.47. The molecule has 4 nitrogen and oxygen atoms in total. The van der Waals surface area contributed by atoms with Crippen molar-refractivity contribution in [3.63, 3.8) is 0 Å². The highest BCUT2D eigenvalue weighted by molar-refractivity contribution is 6.30. The molecule has 6 heteroatoms. The molecule has 2 aromatic rings. The molecule has 2 N–H and O–H groups in total. The maximum absolute atomic E-state index is 12.9. The Morgan fingerprint density at radius 1 is 0.889 bits per heavy atom. The van der Waals surface area contributed by atoms with Crippen LogP contribution in [-0.2, 0) is 16.1 Å². The van der Waals surface area contributed by atoms with E-state index >= 15 is 0 Å². The Hall–Kier alpha value is -2.40. The lowest BCUT2D eigenvalue weighted by Gasteiger charge is -2.27. The summed E-state index contributed by atoms with van der Waals surface area (Å²) < 4.78 is 12.9. The summed E-state index contributed by atoms with van der Waals surface area (Å²) in [6, 6.07) is 13.1. The van der Waals surface area contributed by atoms with Crippen molar-refractivity contribution in [2.24, 2.45) is 11.8 Å². The van der Waals surface area contributed by atoms with Crippen molar-refractivity contribution >= 4 is 29.1 Å². The lowest BCUT2D eigenvalue weighted by molar-refractivity contribution is -0.128. The van der Waals surface area contributed by atoms with E-state index in [-0.39, 0.29) is 29.5 Å². The second-order valence-corrected chi connectivity index (χ2v) is 7.33. The topological polar surface area (TPSA) is 58.2 Å². The van der Waals surface area contributed by atoms with Gasteiger partial charge >= 0.3 is 0 Å². The molecule has 1 aliphatic carbocycles. The summed E-state index contributed by atoms with van der Waals surface area (Å²) in [5, 5.41) is 6.43. The first-order valence-electron chi connectivity index (χ1n) is 9.10. The van der Waals surface area contributed by atoms with Crippen LogP contribution in [0.1, 0.15) is 31.2 Å². The van der Waals surface area contributed by atoms with E-state index in [2.05, 4.69) is 10.6 Å². The van der Waals surface area contributed by atoms with Crippen LogP contribution >= 0.6 is 11.6 Å². The van der Waals surface area contributed by atoms with E-state index in [1.165, 1.54) is 12.1 Å². The Kier molecular flexibility index (Phi) is 6.45. The van der Waals surface area contributed by atoms with Gasteiger partial charge in [0.1, 0.15) is 5.82 Å². The molecule has 0 spiro atoms. The van der Waals surface area contributed by atoms with E-state index in [1.54, 1.807) is 36.4 Å². The van der Waals surface area contributed by atoms with Crippen LogP contribution in [0.2, 0.25) is 5.02 Å². The van der Waals surface area contributed by atoms with Crippen LogP contribution in [0.4, 0.5) is 10.1 Å². The zero-order valence-electron chi connectivity index (χ0n) is 14.9. The molecule has 27 heavy (non-hydrogen) atoms. The predicted molar refractivity (Wildman–Crippen MR) is 104 cm³/mol. The highest BCUT2D eigenvalue weighted by Crippen LogP contribution is 2.30. The second-order valence-electron chi connectivity index (χ2n) is 6.89. The lowest BCUT2D eigenvalue weighted by atomic mass is 9.81. The van der Waals surface area contributed by atoms with Gasteiger partial charge in [-0.1, -0.05) is 23.7 Å². The number of carbonyl (C=O) groups is 2. The van der Waals surface area contributed by atoms with Crippen molar-refractivity contribution in [2.45, 2.75) is 32.2 Å². The number of amides is 2. The highest BCUT2D eigenvalue weighted by Gasteiger charge is 2.29. The zero-order valence-corrected chi connectivity index (χ0v) is 15.6. The normalized spacial score (nSPS) is 19.3. The van der Waals surface area contributed by atoms with E-state index in [0.717, 1.165) is 11.3 Å². The van der Waals surface area contributed by atoms with Crippen LogP contribution in [0.25, 0.3) is 0 Å². The molecular weight excluding hydrogens is 367 g/mol. The van der Waals surface area contributed by atoms with Gasteiger partial charge in [0, 0.05) is 29.1 Å². The summed E-state index contributed by atoms with van der Waals surface area (Å²) >= 11 is 5.85. The molecule has 0 aliphatic heterocycles. The van der Waals surface area contributed by atoms with Crippen LogP contribution in [0.5, 0.6) is 0 Å². The average molecular weight is 389 g/mol. The summed E-state index contributed by atoms with van der Waals surface area (Å²) in [6.07, 6.45) is 2.75. The fourth-order valence-electron chi connectivity index (χ4n) is 3.33. The fraction of sp³-hybridized carbons (Fsp3) is 0.333. The van der Waals surface area contributed by atoms with Crippen molar-refractivity contribution in [3.8, 4) is 0 Å². The molecule has 142 valence electrons. The van der Waals surface area contributed by atoms with E-state index in [1.807, 2.05) is 0 Å². The third kappa shape index (κ3) is 5.54. The molecule has 0 heterocycles. The summed E-state index contributed by atoms with van der Waals surface area (Å²) in [5.41, 5.74) is 1.59. The van der Waals surface area contributed by atoms with Crippen molar-refractivity contribution in [1.82, 2.24) is 5.32 Å². The van der Waals surface area contributed by atoms with Gasteiger partial charge in [-0.25, -0.2) is 4.39 Å². The third-order valence-corrected chi connectivity index (χ3v) is 5.21. The molecule has 0 bridgehead atoms.